The Morgan fingerprint density at radius 2 is 1.89 bits per heavy atom. The van der Waals surface area contributed by atoms with Gasteiger partial charge < -0.3 is 15.2 Å². The first-order valence-corrected chi connectivity index (χ1v) is 9.60. The first-order valence-electron chi connectivity index (χ1n) is 9.60. The highest BCUT2D eigenvalue weighted by Crippen LogP contribution is 2.15. The van der Waals surface area contributed by atoms with E-state index in [2.05, 4.69) is 17.1 Å². The number of amides is 1. The van der Waals surface area contributed by atoms with Crippen molar-refractivity contribution in [1.29, 1.82) is 0 Å². The SMILES string of the molecule is CCCOc1ccc(CNC(=O)CN2CCC(N(C)CC(=O)O)CC2)cc1.Cl. The van der Waals surface area contributed by atoms with E-state index in [-0.39, 0.29) is 30.9 Å². The molecule has 2 rings (SSSR count). The highest BCUT2D eigenvalue weighted by Gasteiger charge is 2.24. The van der Waals surface area contributed by atoms with E-state index in [1.165, 1.54) is 0 Å². The number of ether oxygens (including phenoxy) is 1. The Morgan fingerprint density at radius 3 is 2.46 bits per heavy atom. The summed E-state index contributed by atoms with van der Waals surface area (Å²) in [6, 6.07) is 8.06. The summed E-state index contributed by atoms with van der Waals surface area (Å²) in [5.41, 5.74) is 1.04. The fraction of sp³-hybridized carbons (Fsp3) is 0.600. The number of piperidine rings is 1. The van der Waals surface area contributed by atoms with Crippen LogP contribution >= 0.6 is 12.4 Å². The molecule has 0 radical (unpaired) electrons. The molecule has 0 aromatic heterocycles. The number of likely N-dealkylation sites (N-methyl/N-ethyl adjacent to an activating group) is 1. The van der Waals surface area contributed by atoms with Gasteiger partial charge in [0.25, 0.3) is 0 Å². The normalized spacial score (nSPS) is 15.1. The van der Waals surface area contributed by atoms with Crippen LogP contribution in [0.5, 0.6) is 5.75 Å². The van der Waals surface area contributed by atoms with Gasteiger partial charge in [0.15, 0.2) is 0 Å². The Hall–Kier alpha value is -1.83. The van der Waals surface area contributed by atoms with Gasteiger partial charge in [-0.15, -0.1) is 12.4 Å². The molecule has 0 atom stereocenters. The molecule has 0 saturated carbocycles. The molecule has 1 amide bonds. The van der Waals surface area contributed by atoms with Crippen LogP contribution in [0.2, 0.25) is 0 Å². The third-order valence-electron chi connectivity index (χ3n) is 4.82. The highest BCUT2D eigenvalue weighted by atomic mass is 35.5. The van der Waals surface area contributed by atoms with E-state index >= 15 is 0 Å². The van der Waals surface area contributed by atoms with E-state index < -0.39 is 5.97 Å². The Balaban J connectivity index is 0.00000392. The maximum absolute atomic E-state index is 12.2. The van der Waals surface area contributed by atoms with Gasteiger partial charge in [0.05, 0.1) is 19.7 Å². The molecule has 0 unspecified atom stereocenters. The van der Waals surface area contributed by atoms with Crippen molar-refractivity contribution in [2.75, 3.05) is 39.8 Å². The van der Waals surface area contributed by atoms with Crippen LogP contribution in [0.3, 0.4) is 0 Å². The molecule has 1 aliphatic heterocycles. The lowest BCUT2D eigenvalue weighted by atomic mass is 10.0. The first-order chi connectivity index (χ1) is 13.0. The minimum absolute atomic E-state index is 0. The molecular weight excluding hydrogens is 382 g/mol. The summed E-state index contributed by atoms with van der Waals surface area (Å²) in [5, 5.41) is 11.8. The lowest BCUT2D eigenvalue weighted by molar-refractivity contribution is -0.138. The van der Waals surface area contributed by atoms with E-state index in [0.29, 0.717) is 19.7 Å². The zero-order chi connectivity index (χ0) is 19.6. The molecule has 1 fully saturated rings. The fourth-order valence-electron chi connectivity index (χ4n) is 3.24. The van der Waals surface area contributed by atoms with Gasteiger partial charge in [0.1, 0.15) is 5.75 Å². The Labute approximate surface area is 173 Å². The Kier molecular flexibility index (Phi) is 10.9. The third-order valence-corrected chi connectivity index (χ3v) is 4.82. The van der Waals surface area contributed by atoms with Gasteiger partial charge in [-0.05, 0) is 44.0 Å². The number of aliphatic carboxylic acids is 1. The van der Waals surface area contributed by atoms with Gasteiger partial charge in [0, 0.05) is 25.7 Å². The zero-order valence-electron chi connectivity index (χ0n) is 16.7. The lowest BCUT2D eigenvalue weighted by Gasteiger charge is -2.35. The van der Waals surface area contributed by atoms with Crippen LogP contribution in [0.25, 0.3) is 0 Å². The van der Waals surface area contributed by atoms with Gasteiger partial charge in [-0.25, -0.2) is 0 Å². The second-order valence-electron chi connectivity index (χ2n) is 7.09. The molecule has 1 saturated heterocycles. The minimum Gasteiger partial charge on any atom is -0.494 e. The summed E-state index contributed by atoms with van der Waals surface area (Å²) >= 11 is 0. The van der Waals surface area contributed by atoms with Gasteiger partial charge in [-0.2, -0.15) is 0 Å². The van der Waals surface area contributed by atoms with Crippen molar-refractivity contribution in [3.8, 4) is 5.75 Å². The predicted octanol–water partition coefficient (Wildman–Crippen LogP) is 1.99. The lowest BCUT2D eigenvalue weighted by Crippen LogP contribution is -2.47. The number of carboxylic acid groups (broad SMARTS) is 1. The summed E-state index contributed by atoms with van der Waals surface area (Å²) in [6.07, 6.45) is 2.75. The number of nitrogens with one attached hydrogen (secondary N) is 1. The molecule has 158 valence electrons. The van der Waals surface area contributed by atoms with Crippen LogP contribution in [0.4, 0.5) is 0 Å². The maximum Gasteiger partial charge on any atom is 0.317 e. The number of benzene rings is 1. The molecule has 1 aromatic carbocycles. The average Bonchev–Trinajstić information content (AvgIpc) is 2.65. The number of hydrogen-bond donors (Lipinski definition) is 2. The van der Waals surface area contributed by atoms with Crippen LogP contribution in [0, 0.1) is 0 Å². The number of carbonyl (C=O) groups is 2. The predicted molar refractivity (Wildman–Crippen MR) is 111 cm³/mol. The Bertz CT molecular complexity index is 604. The second-order valence-corrected chi connectivity index (χ2v) is 7.09. The van der Waals surface area contributed by atoms with Crippen molar-refractivity contribution in [3.63, 3.8) is 0 Å². The van der Waals surface area contributed by atoms with Crippen molar-refractivity contribution in [2.24, 2.45) is 0 Å². The molecule has 28 heavy (non-hydrogen) atoms. The average molecular weight is 414 g/mol. The van der Waals surface area contributed by atoms with E-state index in [0.717, 1.165) is 43.7 Å². The number of nitrogens with zero attached hydrogens (tertiary/aromatic N) is 2. The number of rotatable bonds is 10. The fourth-order valence-corrected chi connectivity index (χ4v) is 3.24. The van der Waals surface area contributed by atoms with Crippen molar-refractivity contribution >= 4 is 24.3 Å². The van der Waals surface area contributed by atoms with Gasteiger partial charge in [-0.1, -0.05) is 19.1 Å². The van der Waals surface area contributed by atoms with Gasteiger partial charge in [-0.3, -0.25) is 19.4 Å². The standard InChI is InChI=1S/C20H31N3O4.ClH/c1-3-12-27-18-6-4-16(5-7-18)13-21-19(24)14-23-10-8-17(9-11-23)22(2)15-20(25)26;/h4-7,17H,3,8-15H2,1-2H3,(H,21,24)(H,25,26);1H. The molecule has 0 spiro atoms. The topological polar surface area (TPSA) is 82.1 Å². The number of hydrogen-bond acceptors (Lipinski definition) is 5. The summed E-state index contributed by atoms with van der Waals surface area (Å²) in [6.45, 7) is 5.35. The molecule has 0 aliphatic carbocycles. The molecule has 1 aromatic rings. The highest BCUT2D eigenvalue weighted by molar-refractivity contribution is 5.85. The summed E-state index contributed by atoms with van der Waals surface area (Å²) in [4.78, 5) is 27.0. The smallest absolute Gasteiger partial charge is 0.317 e. The van der Waals surface area contributed by atoms with Crippen molar-refractivity contribution in [1.82, 2.24) is 15.1 Å². The number of carbonyl (C=O) groups excluding carboxylic acids is 1. The van der Waals surface area contributed by atoms with Gasteiger partial charge in [0.2, 0.25) is 5.91 Å². The van der Waals surface area contributed by atoms with Crippen LogP contribution in [-0.4, -0.2) is 72.7 Å². The molecular formula is C20H32ClN3O4. The number of carboxylic acids is 1. The minimum atomic E-state index is -0.802. The van der Waals surface area contributed by atoms with Crippen molar-refractivity contribution < 1.29 is 19.4 Å². The zero-order valence-corrected chi connectivity index (χ0v) is 17.5. The van der Waals surface area contributed by atoms with Crippen LogP contribution in [-0.2, 0) is 16.1 Å². The van der Waals surface area contributed by atoms with Gasteiger partial charge >= 0.3 is 5.97 Å². The largest absolute Gasteiger partial charge is 0.494 e. The number of halogens is 1. The Morgan fingerprint density at radius 1 is 1.25 bits per heavy atom. The maximum atomic E-state index is 12.2. The van der Waals surface area contributed by atoms with E-state index in [1.54, 1.807) is 0 Å². The summed E-state index contributed by atoms with van der Waals surface area (Å²) in [7, 11) is 1.85. The van der Waals surface area contributed by atoms with E-state index in [9.17, 15) is 9.59 Å². The van der Waals surface area contributed by atoms with E-state index in [1.807, 2.05) is 36.2 Å². The molecule has 1 aliphatic rings. The molecule has 1 heterocycles. The van der Waals surface area contributed by atoms with Crippen LogP contribution < -0.4 is 10.1 Å². The van der Waals surface area contributed by atoms with Crippen LogP contribution in [0.15, 0.2) is 24.3 Å². The second kappa shape index (κ2) is 12.6. The number of likely N-dealkylation sites (tertiary alicyclic amines) is 1. The third kappa shape index (κ3) is 8.46. The molecule has 2 N–H and O–H groups in total. The molecule has 7 nitrogen and oxygen atoms in total. The quantitative estimate of drug-likeness (QED) is 0.610. The van der Waals surface area contributed by atoms with E-state index in [4.69, 9.17) is 9.84 Å². The van der Waals surface area contributed by atoms with Crippen molar-refractivity contribution in [2.45, 2.75) is 38.8 Å². The van der Waals surface area contributed by atoms with Crippen molar-refractivity contribution in [3.05, 3.63) is 29.8 Å². The summed E-state index contributed by atoms with van der Waals surface area (Å²) < 4.78 is 5.55. The summed E-state index contributed by atoms with van der Waals surface area (Å²) in [5.74, 6) is 0.0607. The first kappa shape index (κ1) is 24.2. The molecule has 0 bridgehead atoms. The van der Waals surface area contributed by atoms with Crippen LogP contribution in [0.1, 0.15) is 31.7 Å². The molecule has 8 heteroatoms. The monoisotopic (exact) mass is 413 g/mol.